The maximum Gasteiger partial charge on any atom is 0.255 e. The lowest BCUT2D eigenvalue weighted by molar-refractivity contribution is 0.102. The van der Waals surface area contributed by atoms with Gasteiger partial charge in [0.2, 0.25) is 34.8 Å². The highest BCUT2D eigenvalue weighted by molar-refractivity contribution is 6.09. The summed E-state index contributed by atoms with van der Waals surface area (Å²) in [6.07, 6.45) is 0. The summed E-state index contributed by atoms with van der Waals surface area (Å²) in [5.41, 5.74) is 3.98. The van der Waals surface area contributed by atoms with Gasteiger partial charge in [-0.05, 0) is 69.2 Å². The van der Waals surface area contributed by atoms with Crippen molar-refractivity contribution in [2.24, 2.45) is 0 Å². The van der Waals surface area contributed by atoms with Gasteiger partial charge in [0.1, 0.15) is 5.75 Å². The van der Waals surface area contributed by atoms with Crippen LogP contribution in [0.2, 0.25) is 0 Å². The van der Waals surface area contributed by atoms with Gasteiger partial charge in [0.15, 0.2) is 0 Å². The van der Waals surface area contributed by atoms with E-state index in [1.165, 1.54) is 6.07 Å². The highest BCUT2D eigenvalue weighted by Crippen LogP contribution is 2.34. The molecule has 0 aliphatic carbocycles. The van der Waals surface area contributed by atoms with Crippen LogP contribution in [0.1, 0.15) is 43.0 Å². The van der Waals surface area contributed by atoms with Crippen LogP contribution in [0.15, 0.2) is 54.6 Å². The fourth-order valence-electron chi connectivity index (χ4n) is 4.01. The summed E-state index contributed by atoms with van der Waals surface area (Å²) >= 11 is 0. The molecule has 0 fully saturated rings. The van der Waals surface area contributed by atoms with Crippen LogP contribution >= 0.6 is 0 Å². The lowest BCUT2D eigenvalue weighted by Crippen LogP contribution is -2.17. The van der Waals surface area contributed by atoms with Crippen molar-refractivity contribution >= 4 is 23.2 Å². The van der Waals surface area contributed by atoms with Gasteiger partial charge in [0, 0.05) is 22.5 Å². The first-order chi connectivity index (χ1) is 18.8. The van der Waals surface area contributed by atoms with E-state index in [4.69, 9.17) is 4.74 Å². The molecular weight excluding hydrogens is 531 g/mol. The molecule has 206 valence electrons. The normalized spacial score (nSPS) is 10.8. The zero-order valence-electron chi connectivity index (χ0n) is 21.8. The van der Waals surface area contributed by atoms with Gasteiger partial charge >= 0.3 is 0 Å². The Labute approximate surface area is 226 Å². The van der Waals surface area contributed by atoms with Crippen LogP contribution in [-0.4, -0.2) is 11.8 Å². The molecule has 0 spiro atoms. The maximum atomic E-state index is 14.3. The van der Waals surface area contributed by atoms with Crippen molar-refractivity contribution in [2.45, 2.75) is 27.7 Å². The fraction of sp³-hybridized carbons (Fsp3) is 0.133. The Kier molecular flexibility index (Phi) is 7.90. The maximum absolute atomic E-state index is 14.3. The fourth-order valence-corrected chi connectivity index (χ4v) is 4.01. The number of carbonyl (C=O) groups excluding carboxylic acids is 2. The van der Waals surface area contributed by atoms with E-state index in [-0.39, 0.29) is 11.1 Å². The summed E-state index contributed by atoms with van der Waals surface area (Å²) in [6.45, 7) is 7.29. The first-order valence-electron chi connectivity index (χ1n) is 12.0. The van der Waals surface area contributed by atoms with E-state index < -0.39 is 52.4 Å². The molecule has 0 bridgehead atoms. The van der Waals surface area contributed by atoms with E-state index in [2.05, 4.69) is 10.6 Å². The standard InChI is InChI=1S/C30H23F5N2O3/c1-14-5-7-21(16(3)9-14)36-29(38)18-11-19(30(39)37-22-8-6-15(2)10-17(22)4)13-20(12-18)40-28-26(34)24(32)23(31)25(33)27(28)35/h5-13H,1-4H3,(H,36,38)(H,37,39). The molecule has 0 aromatic heterocycles. The number of nitrogens with one attached hydrogen (secondary N) is 2. The number of aryl methyl sites for hydroxylation is 4. The summed E-state index contributed by atoms with van der Waals surface area (Å²) in [4.78, 5) is 26.3. The quantitative estimate of drug-likeness (QED) is 0.145. The topological polar surface area (TPSA) is 67.4 Å². The van der Waals surface area contributed by atoms with Crippen LogP contribution in [0.25, 0.3) is 0 Å². The number of ether oxygens (including phenoxy) is 1. The molecule has 2 N–H and O–H groups in total. The second-order valence-corrected chi connectivity index (χ2v) is 9.29. The minimum absolute atomic E-state index is 0.174. The van der Waals surface area contributed by atoms with Gasteiger partial charge in [-0.3, -0.25) is 9.59 Å². The van der Waals surface area contributed by atoms with E-state index in [0.29, 0.717) is 11.4 Å². The van der Waals surface area contributed by atoms with Gasteiger partial charge in [-0.25, -0.2) is 13.2 Å². The highest BCUT2D eigenvalue weighted by Gasteiger charge is 2.28. The van der Waals surface area contributed by atoms with Crippen molar-refractivity contribution in [1.82, 2.24) is 0 Å². The Bertz CT molecular complexity index is 1560. The zero-order valence-corrected chi connectivity index (χ0v) is 21.8. The number of rotatable bonds is 6. The molecule has 0 saturated heterocycles. The summed E-state index contributed by atoms with van der Waals surface area (Å²) in [7, 11) is 0. The molecule has 0 radical (unpaired) electrons. The van der Waals surface area contributed by atoms with Crippen molar-refractivity contribution in [1.29, 1.82) is 0 Å². The van der Waals surface area contributed by atoms with Gasteiger partial charge in [-0.1, -0.05) is 35.4 Å². The van der Waals surface area contributed by atoms with Crippen LogP contribution in [-0.2, 0) is 0 Å². The Morgan fingerprint density at radius 2 is 0.975 bits per heavy atom. The van der Waals surface area contributed by atoms with Crippen molar-refractivity contribution in [2.75, 3.05) is 10.6 Å². The average Bonchev–Trinajstić information content (AvgIpc) is 2.91. The van der Waals surface area contributed by atoms with Gasteiger partial charge in [0.25, 0.3) is 11.8 Å². The molecule has 0 heterocycles. The minimum atomic E-state index is -2.35. The molecule has 4 rings (SSSR count). The van der Waals surface area contributed by atoms with E-state index in [9.17, 15) is 31.5 Å². The number of anilines is 2. The molecule has 0 aliphatic rings. The Hall–Kier alpha value is -4.73. The lowest BCUT2D eigenvalue weighted by Gasteiger charge is -2.15. The van der Waals surface area contributed by atoms with Gasteiger partial charge in [-0.15, -0.1) is 0 Å². The predicted octanol–water partition coefficient (Wildman–Crippen LogP) is 7.91. The Morgan fingerprint density at radius 1 is 0.575 bits per heavy atom. The number of benzene rings is 4. The van der Waals surface area contributed by atoms with Crippen molar-refractivity contribution < 1.29 is 36.3 Å². The lowest BCUT2D eigenvalue weighted by atomic mass is 10.1. The Balaban J connectivity index is 1.76. The second kappa shape index (κ2) is 11.2. The van der Waals surface area contributed by atoms with E-state index >= 15 is 0 Å². The van der Waals surface area contributed by atoms with E-state index in [1.807, 2.05) is 26.0 Å². The van der Waals surface area contributed by atoms with Gasteiger partial charge in [0.05, 0.1) is 0 Å². The second-order valence-electron chi connectivity index (χ2n) is 9.29. The molecule has 4 aromatic rings. The third-order valence-electron chi connectivity index (χ3n) is 6.08. The van der Waals surface area contributed by atoms with Crippen molar-refractivity contribution in [3.63, 3.8) is 0 Å². The molecular formula is C30H23F5N2O3. The molecule has 2 amide bonds. The number of carbonyl (C=O) groups is 2. The molecule has 0 aliphatic heterocycles. The molecule has 4 aromatic carbocycles. The van der Waals surface area contributed by atoms with Crippen molar-refractivity contribution in [3.05, 3.63) is 117 Å². The molecule has 0 atom stereocenters. The van der Waals surface area contributed by atoms with Gasteiger partial charge in [-0.2, -0.15) is 8.78 Å². The largest absolute Gasteiger partial charge is 0.451 e. The van der Waals surface area contributed by atoms with Crippen LogP contribution in [0, 0.1) is 56.8 Å². The summed E-state index contributed by atoms with van der Waals surface area (Å²) < 4.78 is 74.8. The smallest absolute Gasteiger partial charge is 0.255 e. The van der Waals surface area contributed by atoms with Gasteiger partial charge < -0.3 is 15.4 Å². The van der Waals surface area contributed by atoms with Crippen LogP contribution in [0.5, 0.6) is 11.5 Å². The van der Waals surface area contributed by atoms with Crippen LogP contribution in [0.4, 0.5) is 33.3 Å². The third-order valence-corrected chi connectivity index (χ3v) is 6.08. The number of halogens is 5. The first kappa shape index (κ1) is 28.3. The highest BCUT2D eigenvalue weighted by atomic mass is 19.2. The molecule has 0 unspecified atom stereocenters. The van der Waals surface area contributed by atoms with Crippen molar-refractivity contribution in [3.8, 4) is 11.5 Å². The molecule has 10 heteroatoms. The zero-order chi connectivity index (χ0) is 29.3. The number of hydrogen-bond donors (Lipinski definition) is 2. The number of amides is 2. The molecule has 5 nitrogen and oxygen atoms in total. The first-order valence-corrected chi connectivity index (χ1v) is 12.0. The van der Waals surface area contributed by atoms with E-state index in [0.717, 1.165) is 34.4 Å². The predicted molar refractivity (Wildman–Crippen MR) is 140 cm³/mol. The summed E-state index contributed by atoms with van der Waals surface area (Å²) in [5, 5.41) is 5.36. The third kappa shape index (κ3) is 5.80. The Morgan fingerprint density at radius 3 is 1.38 bits per heavy atom. The molecule has 40 heavy (non-hydrogen) atoms. The van der Waals surface area contributed by atoms with Crippen LogP contribution in [0.3, 0.4) is 0 Å². The molecule has 0 saturated carbocycles. The monoisotopic (exact) mass is 554 g/mol. The average molecular weight is 555 g/mol. The number of hydrogen-bond acceptors (Lipinski definition) is 3. The summed E-state index contributed by atoms with van der Waals surface area (Å²) in [6, 6.07) is 13.8. The summed E-state index contributed by atoms with van der Waals surface area (Å²) in [5.74, 6) is -14.7. The minimum Gasteiger partial charge on any atom is -0.451 e. The SMILES string of the molecule is Cc1ccc(NC(=O)c2cc(Oc3c(F)c(F)c(F)c(F)c3F)cc(C(=O)Nc3ccc(C)cc3C)c2)c(C)c1. The van der Waals surface area contributed by atoms with Crippen LogP contribution < -0.4 is 15.4 Å². The van der Waals surface area contributed by atoms with E-state index in [1.54, 1.807) is 38.1 Å².